The third-order valence-corrected chi connectivity index (χ3v) is 6.45. The first-order valence-electron chi connectivity index (χ1n) is 11.2. The van der Waals surface area contributed by atoms with Gasteiger partial charge in [0.15, 0.2) is 5.96 Å². The molecule has 0 amide bonds. The molecule has 2 N–H and O–H groups in total. The molecule has 2 fully saturated rings. The fourth-order valence-corrected chi connectivity index (χ4v) is 4.37. The topological polar surface area (TPSA) is 68.9 Å². The van der Waals surface area contributed by atoms with Crippen LogP contribution in [0, 0.1) is 0 Å². The number of guanidine groups is 1. The van der Waals surface area contributed by atoms with E-state index in [0.717, 1.165) is 31.4 Å². The summed E-state index contributed by atoms with van der Waals surface area (Å²) in [5, 5.41) is 6.98. The third kappa shape index (κ3) is 6.56. The lowest BCUT2D eigenvalue weighted by Crippen LogP contribution is -2.62. The molecule has 172 valence electrons. The minimum Gasteiger partial charge on any atom is -0.443 e. The molecule has 0 bridgehead atoms. The number of halogens is 1. The molecule has 0 radical (unpaired) electrons. The molecule has 2 saturated heterocycles. The number of nitrogens with zero attached hydrogens (tertiary/aromatic N) is 4. The number of aliphatic imine (C=N–C) groups is 1. The van der Waals surface area contributed by atoms with E-state index in [4.69, 9.17) is 4.42 Å². The second-order valence-corrected chi connectivity index (χ2v) is 9.72. The highest BCUT2D eigenvalue weighted by Gasteiger charge is 2.39. The Morgan fingerprint density at radius 3 is 2.37 bits per heavy atom. The minimum absolute atomic E-state index is 0. The molecule has 1 aromatic heterocycles. The molecule has 2 aliphatic rings. The summed E-state index contributed by atoms with van der Waals surface area (Å²) in [5.41, 5.74) is 0.201. The highest BCUT2D eigenvalue weighted by molar-refractivity contribution is 14.0. The fraction of sp³-hybridized carbons (Fsp3) is 0.818. The number of aromatic nitrogens is 1. The van der Waals surface area contributed by atoms with E-state index in [1.165, 1.54) is 45.2 Å². The molecule has 0 atom stereocenters. The molecular weight excluding hydrogens is 491 g/mol. The lowest BCUT2D eigenvalue weighted by molar-refractivity contribution is 0.0173. The van der Waals surface area contributed by atoms with Crippen molar-refractivity contribution in [3.8, 4) is 0 Å². The number of hydrogen-bond acceptors (Lipinski definition) is 5. The largest absolute Gasteiger partial charge is 0.443 e. The Kier molecular flexibility index (Phi) is 9.42. The summed E-state index contributed by atoms with van der Waals surface area (Å²) < 4.78 is 5.89. The van der Waals surface area contributed by atoms with Gasteiger partial charge in [0.1, 0.15) is 5.76 Å². The first-order chi connectivity index (χ1) is 13.8. The van der Waals surface area contributed by atoms with Crippen LogP contribution >= 0.6 is 24.0 Å². The van der Waals surface area contributed by atoms with Crippen LogP contribution in [0.1, 0.15) is 64.5 Å². The summed E-state index contributed by atoms with van der Waals surface area (Å²) in [7, 11) is 4.06. The van der Waals surface area contributed by atoms with Crippen LogP contribution < -0.4 is 10.6 Å². The number of oxazole rings is 1. The molecule has 0 aliphatic carbocycles. The molecule has 3 heterocycles. The zero-order valence-corrected chi connectivity index (χ0v) is 21.8. The number of rotatable bonds is 5. The van der Waals surface area contributed by atoms with E-state index >= 15 is 0 Å². The summed E-state index contributed by atoms with van der Waals surface area (Å²) in [6.07, 6.45) is 8.27. The number of piperidine rings is 2. The van der Waals surface area contributed by atoms with E-state index in [0.29, 0.717) is 12.4 Å². The maximum Gasteiger partial charge on any atom is 0.213 e. The maximum absolute atomic E-state index is 5.89. The van der Waals surface area contributed by atoms with Gasteiger partial charge in [0, 0.05) is 24.5 Å². The Hall–Kier alpha value is -0.870. The predicted octanol–water partition coefficient (Wildman–Crippen LogP) is 3.21. The first-order valence-corrected chi connectivity index (χ1v) is 11.2. The molecule has 0 saturated carbocycles. The first kappa shape index (κ1) is 25.4. The van der Waals surface area contributed by atoms with Crippen LogP contribution in [-0.4, -0.2) is 73.1 Å². The molecule has 2 aliphatic heterocycles. The molecular formula is C22H41IN6O. The van der Waals surface area contributed by atoms with E-state index in [-0.39, 0.29) is 34.9 Å². The maximum atomic E-state index is 5.89. The summed E-state index contributed by atoms with van der Waals surface area (Å²) in [6.45, 7) is 12.6. The minimum atomic E-state index is -0.0276. The van der Waals surface area contributed by atoms with Crippen molar-refractivity contribution in [3.63, 3.8) is 0 Å². The monoisotopic (exact) mass is 532 g/mol. The van der Waals surface area contributed by atoms with Crippen molar-refractivity contribution in [2.24, 2.45) is 4.99 Å². The normalized spacial score (nSPS) is 21.2. The van der Waals surface area contributed by atoms with Gasteiger partial charge in [-0.05, 0) is 58.9 Å². The summed E-state index contributed by atoms with van der Waals surface area (Å²) in [6, 6.07) is 0. The van der Waals surface area contributed by atoms with Gasteiger partial charge < -0.3 is 20.0 Å². The van der Waals surface area contributed by atoms with Gasteiger partial charge in [0.05, 0.1) is 12.7 Å². The number of nitrogens with one attached hydrogen (secondary N) is 2. The SMILES string of the molecule is CN=C(NCc1ncc(C(C)(C)C)o1)NCC1(N2CCCCC2)CCN(C)CC1.I. The summed E-state index contributed by atoms with van der Waals surface area (Å²) >= 11 is 0. The number of hydrogen-bond donors (Lipinski definition) is 2. The Balaban J connectivity index is 0.00000320. The molecule has 8 heteroatoms. The van der Waals surface area contributed by atoms with Gasteiger partial charge in [-0.1, -0.05) is 27.2 Å². The fourth-order valence-electron chi connectivity index (χ4n) is 4.37. The van der Waals surface area contributed by atoms with Crippen LogP contribution in [0.2, 0.25) is 0 Å². The predicted molar refractivity (Wildman–Crippen MR) is 134 cm³/mol. The van der Waals surface area contributed by atoms with Gasteiger partial charge in [0.25, 0.3) is 0 Å². The average Bonchev–Trinajstić information content (AvgIpc) is 3.20. The van der Waals surface area contributed by atoms with E-state index in [9.17, 15) is 0 Å². The molecule has 1 aromatic rings. The highest BCUT2D eigenvalue weighted by Crippen LogP contribution is 2.30. The zero-order chi connectivity index (χ0) is 20.9. The zero-order valence-electron chi connectivity index (χ0n) is 19.5. The number of likely N-dealkylation sites (tertiary alicyclic amines) is 2. The van der Waals surface area contributed by atoms with Gasteiger partial charge in [-0.2, -0.15) is 0 Å². The Morgan fingerprint density at radius 1 is 1.13 bits per heavy atom. The van der Waals surface area contributed by atoms with E-state index in [1.807, 2.05) is 13.2 Å². The average molecular weight is 533 g/mol. The Labute approximate surface area is 199 Å². The van der Waals surface area contributed by atoms with Crippen LogP contribution in [-0.2, 0) is 12.0 Å². The standard InChI is InChI=1S/C22H40N6O.HI/c1-21(2,3)18-15-24-19(29-18)16-25-20(23-4)26-17-22(9-13-27(5)14-10-22)28-11-7-6-8-12-28;/h15H,6-14,16-17H2,1-5H3,(H2,23,25,26);1H. The second kappa shape index (κ2) is 11.1. The van der Waals surface area contributed by atoms with Gasteiger partial charge in [-0.25, -0.2) is 4.98 Å². The van der Waals surface area contributed by atoms with E-state index in [1.54, 1.807) is 0 Å². The van der Waals surface area contributed by atoms with Crippen LogP contribution in [0.3, 0.4) is 0 Å². The molecule has 0 aromatic carbocycles. The van der Waals surface area contributed by atoms with Crippen LogP contribution in [0.25, 0.3) is 0 Å². The summed E-state index contributed by atoms with van der Waals surface area (Å²) in [5.74, 6) is 2.42. The Morgan fingerprint density at radius 2 is 1.80 bits per heavy atom. The van der Waals surface area contributed by atoms with Crippen molar-refractivity contribution in [3.05, 3.63) is 17.8 Å². The van der Waals surface area contributed by atoms with Crippen molar-refractivity contribution < 1.29 is 4.42 Å². The van der Waals surface area contributed by atoms with E-state index in [2.05, 4.69) is 58.2 Å². The molecule has 30 heavy (non-hydrogen) atoms. The summed E-state index contributed by atoms with van der Waals surface area (Å²) in [4.78, 5) is 14.0. The smallest absolute Gasteiger partial charge is 0.213 e. The third-order valence-electron chi connectivity index (χ3n) is 6.45. The van der Waals surface area contributed by atoms with Gasteiger partial charge >= 0.3 is 0 Å². The molecule has 0 spiro atoms. The lowest BCUT2D eigenvalue weighted by Gasteiger charge is -2.50. The van der Waals surface area contributed by atoms with Crippen LogP contribution in [0.15, 0.2) is 15.6 Å². The van der Waals surface area contributed by atoms with Crippen molar-refractivity contribution in [1.82, 2.24) is 25.4 Å². The molecule has 0 unspecified atom stereocenters. The highest BCUT2D eigenvalue weighted by atomic mass is 127. The van der Waals surface area contributed by atoms with Crippen LogP contribution in [0.4, 0.5) is 0 Å². The van der Waals surface area contributed by atoms with Crippen molar-refractivity contribution in [2.75, 3.05) is 46.8 Å². The van der Waals surface area contributed by atoms with Crippen molar-refractivity contribution in [1.29, 1.82) is 0 Å². The van der Waals surface area contributed by atoms with Gasteiger partial charge in [-0.3, -0.25) is 9.89 Å². The quantitative estimate of drug-likeness (QED) is 0.345. The van der Waals surface area contributed by atoms with Crippen LogP contribution in [0.5, 0.6) is 0 Å². The lowest BCUT2D eigenvalue weighted by atomic mass is 9.84. The van der Waals surface area contributed by atoms with Gasteiger partial charge in [0.2, 0.25) is 5.89 Å². The second-order valence-electron chi connectivity index (χ2n) is 9.72. The van der Waals surface area contributed by atoms with Gasteiger partial charge in [-0.15, -0.1) is 24.0 Å². The van der Waals surface area contributed by atoms with Crippen molar-refractivity contribution >= 4 is 29.9 Å². The molecule has 3 rings (SSSR count). The Bertz CT molecular complexity index is 669. The van der Waals surface area contributed by atoms with Crippen molar-refractivity contribution in [2.45, 2.75) is 70.4 Å². The molecule has 7 nitrogen and oxygen atoms in total. The van der Waals surface area contributed by atoms with E-state index < -0.39 is 0 Å².